The molecule has 0 rings (SSSR count). The SMILES string of the molecule is COCCC(C)C(O)CSC(C)(C)C. The van der Waals surface area contributed by atoms with Crippen LogP contribution >= 0.6 is 11.8 Å². The zero-order valence-corrected chi connectivity index (χ0v) is 10.9. The molecule has 3 heteroatoms. The third-order valence-electron chi connectivity index (χ3n) is 2.12. The molecule has 0 heterocycles. The molecule has 0 radical (unpaired) electrons. The van der Waals surface area contributed by atoms with E-state index in [1.54, 1.807) is 7.11 Å². The first-order valence-electron chi connectivity index (χ1n) is 5.18. The maximum absolute atomic E-state index is 9.83. The van der Waals surface area contributed by atoms with Crippen molar-refractivity contribution in [3.05, 3.63) is 0 Å². The summed E-state index contributed by atoms with van der Waals surface area (Å²) in [6.45, 7) is 9.32. The lowest BCUT2D eigenvalue weighted by molar-refractivity contribution is 0.105. The van der Waals surface area contributed by atoms with Crippen LogP contribution < -0.4 is 0 Å². The van der Waals surface area contributed by atoms with Gasteiger partial charge in [0.15, 0.2) is 0 Å². The Morgan fingerprint density at radius 1 is 1.36 bits per heavy atom. The first kappa shape index (κ1) is 14.3. The van der Waals surface area contributed by atoms with Crippen LogP contribution in [0, 0.1) is 5.92 Å². The van der Waals surface area contributed by atoms with Crippen LogP contribution in [0.1, 0.15) is 34.1 Å². The van der Waals surface area contributed by atoms with Crippen molar-refractivity contribution in [3.8, 4) is 0 Å². The largest absolute Gasteiger partial charge is 0.392 e. The first-order chi connectivity index (χ1) is 6.37. The van der Waals surface area contributed by atoms with E-state index >= 15 is 0 Å². The van der Waals surface area contributed by atoms with Crippen LogP contribution in [0.3, 0.4) is 0 Å². The molecule has 0 aliphatic rings. The molecule has 0 aliphatic heterocycles. The van der Waals surface area contributed by atoms with Gasteiger partial charge in [-0.05, 0) is 12.3 Å². The molecule has 0 fully saturated rings. The van der Waals surface area contributed by atoms with Crippen LogP contribution in [0.2, 0.25) is 0 Å². The van der Waals surface area contributed by atoms with Crippen molar-refractivity contribution in [1.82, 2.24) is 0 Å². The van der Waals surface area contributed by atoms with Gasteiger partial charge in [0.2, 0.25) is 0 Å². The number of aliphatic hydroxyl groups is 1. The van der Waals surface area contributed by atoms with Crippen LogP contribution in [0.25, 0.3) is 0 Å². The minimum Gasteiger partial charge on any atom is -0.392 e. The number of hydrogen-bond donors (Lipinski definition) is 1. The van der Waals surface area contributed by atoms with Gasteiger partial charge in [0.05, 0.1) is 6.10 Å². The van der Waals surface area contributed by atoms with E-state index in [2.05, 4.69) is 27.7 Å². The predicted molar refractivity (Wildman–Crippen MR) is 63.9 cm³/mol. The summed E-state index contributed by atoms with van der Waals surface area (Å²) in [5, 5.41) is 9.83. The maximum atomic E-state index is 9.83. The first-order valence-corrected chi connectivity index (χ1v) is 6.16. The fourth-order valence-electron chi connectivity index (χ4n) is 0.996. The van der Waals surface area contributed by atoms with E-state index in [0.29, 0.717) is 5.92 Å². The van der Waals surface area contributed by atoms with Crippen molar-refractivity contribution in [2.24, 2.45) is 5.92 Å². The molecule has 0 aromatic heterocycles. The van der Waals surface area contributed by atoms with Crippen molar-refractivity contribution < 1.29 is 9.84 Å². The molecule has 0 aromatic rings. The maximum Gasteiger partial charge on any atom is 0.0657 e. The van der Waals surface area contributed by atoms with Crippen molar-refractivity contribution in [1.29, 1.82) is 0 Å². The highest BCUT2D eigenvalue weighted by Gasteiger charge is 2.18. The molecule has 2 nitrogen and oxygen atoms in total. The van der Waals surface area contributed by atoms with E-state index in [1.807, 2.05) is 11.8 Å². The fraction of sp³-hybridized carbons (Fsp3) is 1.00. The summed E-state index contributed by atoms with van der Waals surface area (Å²) in [6, 6.07) is 0. The van der Waals surface area contributed by atoms with Crippen LogP contribution in [-0.2, 0) is 4.74 Å². The highest BCUT2D eigenvalue weighted by molar-refractivity contribution is 8.00. The van der Waals surface area contributed by atoms with Gasteiger partial charge >= 0.3 is 0 Å². The lowest BCUT2D eigenvalue weighted by atomic mass is 10.0. The number of methoxy groups -OCH3 is 1. The summed E-state index contributed by atoms with van der Waals surface area (Å²) in [7, 11) is 1.70. The topological polar surface area (TPSA) is 29.5 Å². The number of hydrogen-bond acceptors (Lipinski definition) is 3. The summed E-state index contributed by atoms with van der Waals surface area (Å²) < 4.78 is 5.23. The molecule has 1 N–H and O–H groups in total. The Hall–Kier alpha value is 0.270. The van der Waals surface area contributed by atoms with Crippen LogP contribution in [0.4, 0.5) is 0 Å². The van der Waals surface area contributed by atoms with Gasteiger partial charge in [0.25, 0.3) is 0 Å². The molecule has 86 valence electrons. The lowest BCUT2D eigenvalue weighted by Gasteiger charge is -2.23. The van der Waals surface area contributed by atoms with E-state index in [1.165, 1.54) is 0 Å². The summed E-state index contributed by atoms with van der Waals surface area (Å²) >= 11 is 1.81. The van der Waals surface area contributed by atoms with Crippen molar-refractivity contribution in [2.45, 2.75) is 45.0 Å². The smallest absolute Gasteiger partial charge is 0.0657 e. The Kier molecular flexibility index (Phi) is 6.83. The number of rotatable bonds is 6. The number of thioether (sulfide) groups is 1. The average molecular weight is 220 g/mol. The van der Waals surface area contributed by atoms with Crippen molar-refractivity contribution in [2.75, 3.05) is 19.5 Å². The van der Waals surface area contributed by atoms with E-state index in [-0.39, 0.29) is 10.9 Å². The van der Waals surface area contributed by atoms with Gasteiger partial charge in [0, 0.05) is 24.2 Å². The monoisotopic (exact) mass is 220 g/mol. The zero-order valence-electron chi connectivity index (χ0n) is 10.0. The second kappa shape index (κ2) is 6.70. The van der Waals surface area contributed by atoms with Crippen molar-refractivity contribution >= 4 is 11.8 Å². The van der Waals surface area contributed by atoms with E-state index < -0.39 is 0 Å². The highest BCUT2D eigenvalue weighted by Crippen LogP contribution is 2.25. The standard InChI is InChI=1S/C11H24O2S/c1-9(6-7-13-5)10(12)8-14-11(2,3)4/h9-10,12H,6-8H2,1-5H3. The number of aliphatic hydroxyl groups excluding tert-OH is 1. The molecule has 0 amide bonds. The molecular formula is C11H24O2S. The molecule has 0 aromatic carbocycles. The average Bonchev–Trinajstić information content (AvgIpc) is 2.09. The Morgan fingerprint density at radius 2 is 1.93 bits per heavy atom. The molecule has 0 bridgehead atoms. The summed E-state index contributed by atoms with van der Waals surface area (Å²) in [6.07, 6.45) is 0.719. The van der Waals surface area contributed by atoms with E-state index in [9.17, 15) is 5.11 Å². The second-order valence-corrected chi connectivity index (χ2v) is 6.60. The zero-order chi connectivity index (χ0) is 11.2. The molecule has 0 saturated heterocycles. The lowest BCUT2D eigenvalue weighted by Crippen LogP contribution is -2.24. The van der Waals surface area contributed by atoms with E-state index in [4.69, 9.17) is 4.74 Å². The van der Waals surface area contributed by atoms with Gasteiger partial charge in [0.1, 0.15) is 0 Å². The van der Waals surface area contributed by atoms with Gasteiger partial charge in [-0.25, -0.2) is 0 Å². The second-order valence-electron chi connectivity index (χ2n) is 4.75. The predicted octanol–water partition coefficient (Wildman–Crippen LogP) is 2.55. The molecular weight excluding hydrogens is 196 g/mol. The van der Waals surface area contributed by atoms with E-state index in [0.717, 1.165) is 18.8 Å². The Labute approximate surface area is 92.4 Å². The Morgan fingerprint density at radius 3 is 2.36 bits per heavy atom. The minimum atomic E-state index is -0.214. The van der Waals surface area contributed by atoms with Crippen LogP contribution in [0.15, 0.2) is 0 Å². The van der Waals surface area contributed by atoms with Gasteiger partial charge in [-0.15, -0.1) is 0 Å². The molecule has 0 aliphatic carbocycles. The Bertz CT molecular complexity index is 143. The third kappa shape index (κ3) is 7.65. The quantitative estimate of drug-likeness (QED) is 0.746. The summed E-state index contributed by atoms with van der Waals surface area (Å²) in [5.41, 5.74) is 0. The van der Waals surface area contributed by atoms with Gasteiger partial charge in [-0.3, -0.25) is 0 Å². The molecule has 14 heavy (non-hydrogen) atoms. The fourth-order valence-corrected chi connectivity index (χ4v) is 2.00. The number of ether oxygens (including phenoxy) is 1. The van der Waals surface area contributed by atoms with Gasteiger partial charge < -0.3 is 9.84 Å². The van der Waals surface area contributed by atoms with Crippen LogP contribution in [-0.4, -0.2) is 35.4 Å². The Balaban J connectivity index is 3.67. The van der Waals surface area contributed by atoms with Gasteiger partial charge in [-0.2, -0.15) is 11.8 Å². The minimum absolute atomic E-state index is 0.214. The normalized spacial score (nSPS) is 16.7. The summed E-state index contributed by atoms with van der Waals surface area (Å²) in [4.78, 5) is 0. The summed E-state index contributed by atoms with van der Waals surface area (Å²) in [5.74, 6) is 1.14. The molecule has 2 atom stereocenters. The van der Waals surface area contributed by atoms with Crippen molar-refractivity contribution in [3.63, 3.8) is 0 Å². The molecule has 0 saturated carbocycles. The third-order valence-corrected chi connectivity index (χ3v) is 3.50. The van der Waals surface area contributed by atoms with Gasteiger partial charge in [-0.1, -0.05) is 27.7 Å². The molecule has 0 spiro atoms. The highest BCUT2D eigenvalue weighted by atomic mass is 32.2. The molecule has 2 unspecified atom stereocenters. The van der Waals surface area contributed by atoms with Crippen LogP contribution in [0.5, 0.6) is 0 Å².